The highest BCUT2D eigenvalue weighted by Gasteiger charge is 2.22. The second kappa shape index (κ2) is 8.22. The first-order chi connectivity index (χ1) is 8.17. The molecule has 0 spiro atoms. The van der Waals surface area contributed by atoms with Crippen LogP contribution in [0, 0.1) is 5.92 Å². The monoisotopic (exact) mass is 260 g/mol. The predicted octanol–water partition coefficient (Wildman–Crippen LogP) is 1.46. The average Bonchev–Trinajstić information content (AvgIpc) is 2.38. The maximum Gasteiger partial charge on any atom is 0.0360 e. The van der Waals surface area contributed by atoms with Crippen molar-refractivity contribution < 1.29 is 4.21 Å². The molecule has 4 heteroatoms. The van der Waals surface area contributed by atoms with E-state index in [4.69, 9.17) is 0 Å². The van der Waals surface area contributed by atoms with Crippen LogP contribution in [-0.4, -0.2) is 52.8 Å². The topological polar surface area (TPSA) is 32.3 Å². The summed E-state index contributed by atoms with van der Waals surface area (Å²) in [4.78, 5) is 2.52. The van der Waals surface area contributed by atoms with Gasteiger partial charge in [-0.2, -0.15) is 0 Å². The van der Waals surface area contributed by atoms with Crippen LogP contribution in [0.1, 0.15) is 33.6 Å². The Bertz CT molecular complexity index is 227. The molecular weight excluding hydrogens is 232 g/mol. The highest BCUT2D eigenvalue weighted by molar-refractivity contribution is 7.84. The molecule has 0 amide bonds. The van der Waals surface area contributed by atoms with E-state index in [9.17, 15) is 4.21 Å². The second-order valence-electron chi connectivity index (χ2n) is 4.95. The van der Waals surface area contributed by atoms with Gasteiger partial charge in [-0.05, 0) is 45.3 Å². The van der Waals surface area contributed by atoms with Crippen LogP contribution < -0.4 is 5.32 Å². The third-order valence-corrected chi connectivity index (χ3v) is 5.21. The van der Waals surface area contributed by atoms with Gasteiger partial charge in [-0.25, -0.2) is 0 Å². The number of nitrogens with one attached hydrogen (secondary N) is 1. The van der Waals surface area contributed by atoms with E-state index < -0.39 is 10.8 Å². The summed E-state index contributed by atoms with van der Waals surface area (Å²) in [5.74, 6) is 2.38. The average molecular weight is 260 g/mol. The Morgan fingerprint density at radius 1 is 1.35 bits per heavy atom. The molecule has 2 unspecified atom stereocenters. The van der Waals surface area contributed by atoms with Crippen LogP contribution in [0.3, 0.4) is 0 Å². The van der Waals surface area contributed by atoms with Crippen LogP contribution >= 0.6 is 0 Å². The van der Waals surface area contributed by atoms with E-state index >= 15 is 0 Å². The first-order valence-electron chi connectivity index (χ1n) is 6.98. The van der Waals surface area contributed by atoms with Gasteiger partial charge in [0.1, 0.15) is 0 Å². The molecule has 0 saturated carbocycles. The molecular formula is C13H28N2OS. The third kappa shape index (κ3) is 5.49. The van der Waals surface area contributed by atoms with Gasteiger partial charge in [-0.1, -0.05) is 13.8 Å². The number of hydrogen-bond donors (Lipinski definition) is 1. The Hall–Kier alpha value is 0.0700. The minimum absolute atomic E-state index is 0.572. The molecule has 0 aliphatic carbocycles. The van der Waals surface area contributed by atoms with Gasteiger partial charge in [0.15, 0.2) is 0 Å². The molecule has 0 aromatic rings. The summed E-state index contributed by atoms with van der Waals surface area (Å²) in [6.45, 7) is 11.1. The molecule has 17 heavy (non-hydrogen) atoms. The van der Waals surface area contributed by atoms with Crippen molar-refractivity contribution in [3.63, 3.8) is 0 Å². The van der Waals surface area contributed by atoms with E-state index in [-0.39, 0.29) is 0 Å². The zero-order chi connectivity index (χ0) is 12.7. The van der Waals surface area contributed by atoms with Gasteiger partial charge >= 0.3 is 0 Å². The number of likely N-dealkylation sites (tertiary alicyclic amines) is 1. The van der Waals surface area contributed by atoms with E-state index in [2.05, 4.69) is 24.1 Å². The van der Waals surface area contributed by atoms with Crippen LogP contribution in [-0.2, 0) is 10.8 Å². The highest BCUT2D eigenvalue weighted by Crippen LogP contribution is 2.20. The Morgan fingerprint density at radius 3 is 2.53 bits per heavy atom. The standard InChI is InChI=1S/C13H28N2OS/c1-4-15-9-6-13(7-10-15)12(3)14-8-11-17(16)5-2/h12-14H,4-11H2,1-3H3. The van der Waals surface area contributed by atoms with Crippen molar-refractivity contribution in [2.75, 3.05) is 37.7 Å². The summed E-state index contributed by atoms with van der Waals surface area (Å²) < 4.78 is 11.3. The molecule has 2 atom stereocenters. The SMILES string of the molecule is CCN1CCC(C(C)NCCS(=O)CC)CC1. The van der Waals surface area contributed by atoms with E-state index in [1.165, 1.54) is 32.5 Å². The zero-order valence-electron chi connectivity index (χ0n) is 11.6. The lowest BCUT2D eigenvalue weighted by Crippen LogP contribution is -2.42. The Morgan fingerprint density at radius 2 is 2.00 bits per heavy atom. The minimum atomic E-state index is -0.626. The molecule has 0 bridgehead atoms. The largest absolute Gasteiger partial charge is 0.313 e. The molecule has 1 aliphatic rings. The van der Waals surface area contributed by atoms with Crippen LogP contribution in [0.5, 0.6) is 0 Å². The van der Waals surface area contributed by atoms with Crippen molar-refractivity contribution in [2.45, 2.75) is 39.7 Å². The second-order valence-corrected chi connectivity index (χ2v) is 6.81. The first kappa shape index (κ1) is 15.1. The summed E-state index contributed by atoms with van der Waals surface area (Å²) in [6, 6.07) is 0.572. The molecule has 0 radical (unpaired) electrons. The number of hydrogen-bond acceptors (Lipinski definition) is 3. The van der Waals surface area contributed by atoms with Gasteiger partial charge in [-0.3, -0.25) is 4.21 Å². The Balaban J connectivity index is 2.15. The Kier molecular flexibility index (Phi) is 7.32. The number of nitrogens with zero attached hydrogens (tertiary/aromatic N) is 1. The highest BCUT2D eigenvalue weighted by atomic mass is 32.2. The van der Waals surface area contributed by atoms with Crippen molar-refractivity contribution in [1.82, 2.24) is 10.2 Å². The normalized spacial score (nSPS) is 22.5. The maximum absolute atomic E-state index is 11.3. The lowest BCUT2D eigenvalue weighted by molar-refractivity contribution is 0.170. The van der Waals surface area contributed by atoms with E-state index in [1.54, 1.807) is 0 Å². The van der Waals surface area contributed by atoms with Gasteiger partial charge in [-0.15, -0.1) is 0 Å². The smallest absolute Gasteiger partial charge is 0.0360 e. The molecule has 1 saturated heterocycles. The maximum atomic E-state index is 11.3. The summed E-state index contributed by atoms with van der Waals surface area (Å²) >= 11 is 0. The zero-order valence-corrected chi connectivity index (χ0v) is 12.4. The van der Waals surface area contributed by atoms with Gasteiger partial charge in [0, 0.05) is 34.9 Å². The summed E-state index contributed by atoms with van der Waals surface area (Å²) in [6.07, 6.45) is 2.61. The van der Waals surface area contributed by atoms with Gasteiger partial charge in [0.25, 0.3) is 0 Å². The summed E-state index contributed by atoms with van der Waals surface area (Å²) in [5.41, 5.74) is 0. The van der Waals surface area contributed by atoms with Gasteiger partial charge in [0.05, 0.1) is 0 Å². The van der Waals surface area contributed by atoms with Gasteiger partial charge < -0.3 is 10.2 Å². The van der Waals surface area contributed by atoms with Crippen LogP contribution in [0.15, 0.2) is 0 Å². The molecule has 1 fully saturated rings. The van der Waals surface area contributed by atoms with E-state index in [0.29, 0.717) is 6.04 Å². The van der Waals surface area contributed by atoms with Crippen molar-refractivity contribution in [3.05, 3.63) is 0 Å². The molecule has 1 aliphatic heterocycles. The van der Waals surface area contributed by atoms with Crippen LogP contribution in [0.2, 0.25) is 0 Å². The fraction of sp³-hybridized carbons (Fsp3) is 1.00. The van der Waals surface area contributed by atoms with Crippen LogP contribution in [0.4, 0.5) is 0 Å². The summed E-state index contributed by atoms with van der Waals surface area (Å²) in [7, 11) is -0.626. The molecule has 1 heterocycles. The van der Waals surface area contributed by atoms with E-state index in [0.717, 1.165) is 24.0 Å². The van der Waals surface area contributed by atoms with E-state index in [1.807, 2.05) is 6.92 Å². The first-order valence-corrected chi connectivity index (χ1v) is 8.46. The number of rotatable bonds is 7. The molecule has 1 rings (SSSR count). The minimum Gasteiger partial charge on any atom is -0.313 e. The van der Waals surface area contributed by atoms with Crippen molar-refractivity contribution in [3.8, 4) is 0 Å². The lowest BCUT2D eigenvalue weighted by atomic mass is 9.90. The van der Waals surface area contributed by atoms with Crippen molar-refractivity contribution >= 4 is 10.8 Å². The van der Waals surface area contributed by atoms with Crippen molar-refractivity contribution in [2.24, 2.45) is 5.92 Å². The van der Waals surface area contributed by atoms with Crippen molar-refractivity contribution in [1.29, 1.82) is 0 Å². The molecule has 3 nitrogen and oxygen atoms in total. The third-order valence-electron chi connectivity index (χ3n) is 3.90. The fourth-order valence-corrected chi connectivity index (χ4v) is 3.11. The predicted molar refractivity (Wildman–Crippen MR) is 75.9 cm³/mol. The molecule has 102 valence electrons. The summed E-state index contributed by atoms with van der Waals surface area (Å²) in [5, 5.41) is 3.54. The molecule has 1 N–H and O–H groups in total. The molecule has 0 aromatic carbocycles. The fourth-order valence-electron chi connectivity index (χ4n) is 2.48. The van der Waals surface area contributed by atoms with Gasteiger partial charge in [0.2, 0.25) is 0 Å². The Labute approximate surface area is 109 Å². The lowest BCUT2D eigenvalue weighted by Gasteiger charge is -2.34. The molecule has 0 aromatic heterocycles. The number of piperidine rings is 1. The quantitative estimate of drug-likeness (QED) is 0.752. The van der Waals surface area contributed by atoms with Crippen LogP contribution in [0.25, 0.3) is 0 Å².